The van der Waals surface area contributed by atoms with Gasteiger partial charge in [-0.25, -0.2) is 9.18 Å². The maximum atomic E-state index is 14.7. The van der Waals surface area contributed by atoms with E-state index >= 15 is 0 Å². The van der Waals surface area contributed by atoms with E-state index in [0.717, 1.165) is 12.8 Å². The second-order valence-electron chi connectivity index (χ2n) is 6.94. The molecule has 0 radical (unpaired) electrons. The quantitative estimate of drug-likeness (QED) is 0.847. The number of benzene rings is 1. The fourth-order valence-electron chi connectivity index (χ4n) is 3.57. The first-order valence-electron chi connectivity index (χ1n) is 8.98. The minimum Gasteiger partial charge on any atom is -0.462 e. The lowest BCUT2D eigenvalue weighted by molar-refractivity contribution is 0.0524. The van der Waals surface area contributed by atoms with Gasteiger partial charge in [-0.1, -0.05) is 0 Å². The number of carbonyl (C=O) groups is 1. The number of anilines is 1. The lowest BCUT2D eigenvalue weighted by atomic mass is 10.1. The van der Waals surface area contributed by atoms with Crippen molar-refractivity contribution < 1.29 is 19.0 Å². The number of rotatable bonds is 4. The molecule has 1 aliphatic heterocycles. The Morgan fingerprint density at radius 2 is 2.12 bits per heavy atom. The van der Waals surface area contributed by atoms with E-state index in [0.29, 0.717) is 30.7 Å². The number of β-amino-alcohol motifs (C(OH)–C–C–N with tert-alkyl or cyclic N) is 1. The minimum atomic E-state index is -0.680. The van der Waals surface area contributed by atoms with Crippen LogP contribution >= 0.6 is 0 Å². The van der Waals surface area contributed by atoms with Crippen LogP contribution in [0.15, 0.2) is 23.1 Å². The van der Waals surface area contributed by atoms with Crippen molar-refractivity contribution in [1.29, 1.82) is 0 Å². The Hall–Kier alpha value is -2.41. The van der Waals surface area contributed by atoms with Gasteiger partial charge in [0.1, 0.15) is 11.4 Å². The number of esters is 1. The summed E-state index contributed by atoms with van der Waals surface area (Å²) in [6.07, 6.45) is 3.57. The molecule has 4 rings (SSSR count). The van der Waals surface area contributed by atoms with E-state index in [4.69, 9.17) is 4.74 Å². The number of hydrogen-bond acceptors (Lipinski definition) is 5. The number of aliphatic hydroxyl groups excluding tert-OH is 1. The maximum Gasteiger partial charge on any atom is 0.343 e. The van der Waals surface area contributed by atoms with Gasteiger partial charge < -0.3 is 19.3 Å². The van der Waals surface area contributed by atoms with Crippen LogP contribution in [0.5, 0.6) is 0 Å². The molecule has 1 aromatic heterocycles. The van der Waals surface area contributed by atoms with Crippen LogP contribution < -0.4 is 10.3 Å². The highest BCUT2D eigenvalue weighted by atomic mass is 19.1. The summed E-state index contributed by atoms with van der Waals surface area (Å²) in [5, 5.41) is 9.92. The molecule has 0 amide bonds. The summed E-state index contributed by atoms with van der Waals surface area (Å²) in [6.45, 7) is 2.79. The van der Waals surface area contributed by atoms with E-state index in [1.165, 1.54) is 6.07 Å². The number of aromatic nitrogens is 1. The molecule has 138 valence electrons. The van der Waals surface area contributed by atoms with Gasteiger partial charge in [-0.15, -0.1) is 0 Å². The minimum absolute atomic E-state index is 0.0602. The molecule has 1 saturated heterocycles. The number of hydrogen-bond donors (Lipinski definition) is 1. The third-order valence-corrected chi connectivity index (χ3v) is 5.04. The zero-order chi connectivity index (χ0) is 18.4. The van der Waals surface area contributed by atoms with Gasteiger partial charge in [-0.05, 0) is 38.3 Å². The third kappa shape index (κ3) is 2.86. The van der Waals surface area contributed by atoms with Crippen molar-refractivity contribution in [3.63, 3.8) is 0 Å². The van der Waals surface area contributed by atoms with Gasteiger partial charge in [-0.2, -0.15) is 0 Å². The summed E-state index contributed by atoms with van der Waals surface area (Å²) in [5.41, 5.74) is 0.423. The van der Waals surface area contributed by atoms with E-state index in [1.54, 1.807) is 24.1 Å². The molecule has 6 nitrogen and oxygen atoms in total. The predicted octanol–water partition coefficient (Wildman–Crippen LogP) is 2.22. The second kappa shape index (κ2) is 6.39. The van der Waals surface area contributed by atoms with Crippen molar-refractivity contribution in [2.75, 3.05) is 24.6 Å². The van der Waals surface area contributed by atoms with Gasteiger partial charge in [0.05, 0.1) is 23.9 Å². The zero-order valence-electron chi connectivity index (χ0n) is 14.6. The van der Waals surface area contributed by atoms with E-state index in [-0.39, 0.29) is 23.6 Å². The Balaban J connectivity index is 1.90. The lowest BCUT2D eigenvalue weighted by Gasteiger charge is -2.21. The third-order valence-electron chi connectivity index (χ3n) is 5.04. The topological polar surface area (TPSA) is 71.8 Å². The molecule has 26 heavy (non-hydrogen) atoms. The highest BCUT2D eigenvalue weighted by Gasteiger charge is 2.29. The van der Waals surface area contributed by atoms with E-state index in [9.17, 15) is 19.1 Å². The number of pyridine rings is 1. The molecule has 2 heterocycles. The Bertz CT molecular complexity index is 935. The molecule has 2 aromatic rings. The Labute approximate surface area is 149 Å². The lowest BCUT2D eigenvalue weighted by Crippen LogP contribution is -2.24. The molecule has 2 fully saturated rings. The van der Waals surface area contributed by atoms with Gasteiger partial charge >= 0.3 is 5.97 Å². The van der Waals surface area contributed by atoms with Crippen LogP contribution in [0.4, 0.5) is 10.1 Å². The Morgan fingerprint density at radius 1 is 1.35 bits per heavy atom. The van der Waals surface area contributed by atoms with Crippen LogP contribution in [0, 0.1) is 5.82 Å². The summed E-state index contributed by atoms with van der Waals surface area (Å²) < 4.78 is 21.6. The highest BCUT2D eigenvalue weighted by Crippen LogP contribution is 2.38. The van der Waals surface area contributed by atoms with E-state index < -0.39 is 23.3 Å². The number of fused-ring (bicyclic) bond motifs is 1. The molecule has 0 spiro atoms. The average Bonchev–Trinajstić information content (AvgIpc) is 3.36. The predicted molar refractivity (Wildman–Crippen MR) is 95.2 cm³/mol. The fourth-order valence-corrected chi connectivity index (χ4v) is 3.57. The smallest absolute Gasteiger partial charge is 0.343 e. The summed E-state index contributed by atoms with van der Waals surface area (Å²) in [6, 6.07) is 3.07. The highest BCUT2D eigenvalue weighted by molar-refractivity contribution is 5.94. The molecule has 1 N–H and O–H groups in total. The van der Waals surface area contributed by atoms with Crippen LogP contribution in [0.2, 0.25) is 0 Å². The zero-order valence-corrected chi connectivity index (χ0v) is 14.6. The summed E-state index contributed by atoms with van der Waals surface area (Å²) >= 11 is 0. The Kier molecular flexibility index (Phi) is 4.19. The van der Waals surface area contributed by atoms with E-state index in [1.807, 2.05) is 4.57 Å². The van der Waals surface area contributed by atoms with Gasteiger partial charge in [0.15, 0.2) is 0 Å². The molecule has 1 atom stereocenters. The van der Waals surface area contributed by atoms with Crippen molar-refractivity contribution in [3.8, 4) is 0 Å². The average molecular weight is 360 g/mol. The summed E-state index contributed by atoms with van der Waals surface area (Å²) in [4.78, 5) is 26.7. The largest absolute Gasteiger partial charge is 0.462 e. The van der Waals surface area contributed by atoms with Crippen molar-refractivity contribution in [2.24, 2.45) is 0 Å². The summed E-state index contributed by atoms with van der Waals surface area (Å²) in [5.74, 6) is -1.20. The number of aliphatic hydroxyl groups is 1. The molecular formula is C19H21FN2O4. The van der Waals surface area contributed by atoms with Crippen LogP contribution in [-0.2, 0) is 4.74 Å². The SMILES string of the molecule is CCOC(=O)c1cn(C2CC2)c2cc(N3CC[C@@H](O)C3)c(F)cc2c1=O. The number of ether oxygens (including phenoxy) is 1. The van der Waals surface area contributed by atoms with Crippen molar-refractivity contribution in [1.82, 2.24) is 4.57 Å². The molecule has 7 heteroatoms. The number of carbonyl (C=O) groups excluding carboxylic acids is 1. The molecule has 0 unspecified atom stereocenters. The van der Waals surface area contributed by atoms with Crippen molar-refractivity contribution in [2.45, 2.75) is 38.3 Å². The molecule has 1 aliphatic carbocycles. The van der Waals surface area contributed by atoms with Crippen molar-refractivity contribution >= 4 is 22.6 Å². The normalized spacial score (nSPS) is 20.0. The molecule has 1 aromatic carbocycles. The van der Waals surface area contributed by atoms with Crippen LogP contribution in [0.25, 0.3) is 10.9 Å². The Morgan fingerprint density at radius 3 is 2.73 bits per heavy atom. The van der Waals surface area contributed by atoms with Gasteiger partial charge in [0, 0.05) is 30.7 Å². The number of halogens is 1. The maximum absolute atomic E-state index is 14.7. The van der Waals surface area contributed by atoms with Crippen LogP contribution in [0.1, 0.15) is 42.6 Å². The molecule has 0 bridgehead atoms. The standard InChI is InChI=1S/C19H21FN2O4/c1-2-26-19(25)14-10-22(11-3-4-11)16-8-17(21-6-5-12(23)9-21)15(20)7-13(16)18(14)24/h7-8,10-12,23H,2-6,9H2,1H3/t12-/m1/s1. The van der Waals surface area contributed by atoms with Crippen LogP contribution in [0.3, 0.4) is 0 Å². The molecule has 2 aliphatic rings. The van der Waals surface area contributed by atoms with Gasteiger partial charge in [-0.3, -0.25) is 4.79 Å². The van der Waals surface area contributed by atoms with E-state index in [2.05, 4.69) is 0 Å². The summed E-state index contributed by atoms with van der Waals surface area (Å²) in [7, 11) is 0. The fraction of sp³-hybridized carbons (Fsp3) is 0.474. The van der Waals surface area contributed by atoms with Gasteiger partial charge in [0.25, 0.3) is 0 Å². The first kappa shape index (κ1) is 17.0. The van der Waals surface area contributed by atoms with Crippen LogP contribution in [-0.4, -0.2) is 41.4 Å². The monoisotopic (exact) mass is 360 g/mol. The first-order chi connectivity index (χ1) is 12.5. The molecule has 1 saturated carbocycles. The van der Waals surface area contributed by atoms with Gasteiger partial charge in [0.2, 0.25) is 5.43 Å². The number of nitrogens with zero attached hydrogens (tertiary/aromatic N) is 2. The first-order valence-corrected chi connectivity index (χ1v) is 8.98. The van der Waals surface area contributed by atoms with Crippen molar-refractivity contribution in [3.05, 3.63) is 39.9 Å². The molecular weight excluding hydrogens is 339 g/mol. The second-order valence-corrected chi connectivity index (χ2v) is 6.94.